The molecule has 0 aliphatic carbocycles. The van der Waals surface area contributed by atoms with Gasteiger partial charge in [-0.3, -0.25) is 4.79 Å². The lowest BCUT2D eigenvalue weighted by molar-refractivity contribution is -0.140. The molecule has 0 rings (SSSR count). The van der Waals surface area contributed by atoms with Crippen molar-refractivity contribution in [2.75, 3.05) is 25.2 Å². The Labute approximate surface area is 110 Å². The molecule has 0 radical (unpaired) electrons. The van der Waals surface area contributed by atoms with Gasteiger partial charge in [0, 0.05) is 6.04 Å². The monoisotopic (exact) mass is 279 g/mol. The number of hydrogen-bond donors (Lipinski definition) is 1. The van der Waals surface area contributed by atoms with E-state index in [1.807, 2.05) is 13.8 Å². The second kappa shape index (κ2) is 9.33. The van der Waals surface area contributed by atoms with Crippen LogP contribution in [0.5, 0.6) is 0 Å². The molecule has 0 aromatic rings. The fourth-order valence-corrected chi connectivity index (χ4v) is 3.21. The van der Waals surface area contributed by atoms with Crippen LogP contribution in [-0.4, -0.2) is 45.6 Å². The van der Waals surface area contributed by atoms with Crippen LogP contribution in [0.4, 0.5) is 0 Å². The summed E-state index contributed by atoms with van der Waals surface area (Å²) < 4.78 is 28.1. The first kappa shape index (κ1) is 17.4. The molecular weight excluding hydrogens is 254 g/mol. The van der Waals surface area contributed by atoms with Gasteiger partial charge in [0.15, 0.2) is 9.84 Å². The minimum Gasteiger partial charge on any atom is -0.469 e. The summed E-state index contributed by atoms with van der Waals surface area (Å²) >= 11 is 0. The van der Waals surface area contributed by atoms with E-state index in [1.54, 1.807) is 0 Å². The van der Waals surface area contributed by atoms with Crippen LogP contribution >= 0.6 is 0 Å². The van der Waals surface area contributed by atoms with Crippen molar-refractivity contribution in [3.8, 4) is 0 Å². The number of nitrogens with one attached hydrogen (secondary N) is 1. The summed E-state index contributed by atoms with van der Waals surface area (Å²) in [5, 5.41) is 3.23. The minimum atomic E-state index is -3.20. The Morgan fingerprint density at radius 1 is 1.28 bits per heavy atom. The van der Waals surface area contributed by atoms with Gasteiger partial charge < -0.3 is 10.1 Å². The van der Waals surface area contributed by atoms with E-state index in [0.29, 0.717) is 0 Å². The zero-order valence-electron chi connectivity index (χ0n) is 11.6. The van der Waals surface area contributed by atoms with Crippen molar-refractivity contribution in [2.45, 2.75) is 45.6 Å². The smallest absolute Gasteiger partial charge is 0.306 e. The first-order valence-electron chi connectivity index (χ1n) is 6.45. The largest absolute Gasteiger partial charge is 0.469 e. The van der Waals surface area contributed by atoms with Gasteiger partial charge in [0.1, 0.15) is 0 Å². The van der Waals surface area contributed by atoms with Gasteiger partial charge in [0.2, 0.25) is 0 Å². The van der Waals surface area contributed by atoms with Gasteiger partial charge >= 0.3 is 5.97 Å². The van der Waals surface area contributed by atoms with Crippen LogP contribution in [0.3, 0.4) is 0 Å². The maximum absolute atomic E-state index is 11.9. The molecule has 0 aliphatic rings. The van der Waals surface area contributed by atoms with E-state index in [4.69, 9.17) is 0 Å². The van der Waals surface area contributed by atoms with Crippen molar-refractivity contribution in [3.05, 3.63) is 0 Å². The lowest BCUT2D eigenvalue weighted by atomic mass is 10.2. The molecule has 0 saturated heterocycles. The molecule has 0 aromatic carbocycles. The lowest BCUT2D eigenvalue weighted by Gasteiger charge is -2.17. The molecule has 1 unspecified atom stereocenters. The summed E-state index contributed by atoms with van der Waals surface area (Å²) in [5.41, 5.74) is 0. The zero-order chi connectivity index (χ0) is 14.0. The third-order valence-electron chi connectivity index (χ3n) is 2.62. The molecule has 0 amide bonds. The molecule has 0 spiro atoms. The Morgan fingerprint density at radius 2 is 1.94 bits per heavy atom. The van der Waals surface area contributed by atoms with Crippen LogP contribution in [0, 0.1) is 0 Å². The van der Waals surface area contributed by atoms with Crippen molar-refractivity contribution in [3.63, 3.8) is 0 Å². The first-order valence-corrected chi connectivity index (χ1v) is 8.28. The summed E-state index contributed by atoms with van der Waals surface area (Å²) in [7, 11) is -1.94. The minimum absolute atomic E-state index is 0.0161. The van der Waals surface area contributed by atoms with Crippen molar-refractivity contribution < 1.29 is 17.9 Å². The Bertz CT molecular complexity index is 327. The van der Waals surface area contributed by atoms with E-state index in [0.717, 1.165) is 25.8 Å². The summed E-state index contributed by atoms with van der Waals surface area (Å²) in [6, 6.07) is -0.0161. The van der Waals surface area contributed by atoms with Crippen LogP contribution in [-0.2, 0) is 19.4 Å². The SMILES string of the molecule is CCCNC(CCC)CS(=O)(=O)CCC(=O)OC. The molecule has 1 N–H and O–H groups in total. The average Bonchev–Trinajstić information content (AvgIpc) is 2.33. The van der Waals surface area contributed by atoms with Gasteiger partial charge in [-0.25, -0.2) is 8.42 Å². The fourth-order valence-electron chi connectivity index (χ4n) is 1.67. The first-order chi connectivity index (χ1) is 8.45. The van der Waals surface area contributed by atoms with E-state index < -0.39 is 15.8 Å². The van der Waals surface area contributed by atoms with Gasteiger partial charge in [-0.05, 0) is 19.4 Å². The number of hydrogen-bond acceptors (Lipinski definition) is 5. The standard InChI is InChI=1S/C12H25NO4S/c1-4-6-11(13-8-5-2)10-18(15,16)9-7-12(14)17-3/h11,13H,4-10H2,1-3H3. The predicted octanol–water partition coefficient (Wildman–Crippen LogP) is 1.13. The number of ether oxygens (including phenoxy) is 1. The third kappa shape index (κ3) is 8.47. The van der Waals surface area contributed by atoms with E-state index in [2.05, 4.69) is 10.1 Å². The topological polar surface area (TPSA) is 72.5 Å². The van der Waals surface area contributed by atoms with E-state index in [9.17, 15) is 13.2 Å². The number of carbonyl (C=O) groups is 1. The highest BCUT2D eigenvalue weighted by Gasteiger charge is 2.19. The zero-order valence-corrected chi connectivity index (χ0v) is 12.4. The number of sulfone groups is 1. The number of carbonyl (C=O) groups excluding carboxylic acids is 1. The Kier molecular flexibility index (Phi) is 9.01. The molecule has 108 valence electrons. The van der Waals surface area contributed by atoms with Crippen LogP contribution in [0.25, 0.3) is 0 Å². The third-order valence-corrected chi connectivity index (χ3v) is 4.36. The molecule has 1 atom stereocenters. The maximum atomic E-state index is 11.9. The summed E-state index contributed by atoms with van der Waals surface area (Å²) in [6.45, 7) is 4.89. The molecule has 0 fully saturated rings. The molecule has 18 heavy (non-hydrogen) atoms. The second-order valence-electron chi connectivity index (χ2n) is 4.38. The van der Waals surface area contributed by atoms with Crippen LogP contribution in [0.1, 0.15) is 39.5 Å². The highest BCUT2D eigenvalue weighted by atomic mass is 32.2. The molecule has 0 aliphatic heterocycles. The van der Waals surface area contributed by atoms with Gasteiger partial charge in [-0.1, -0.05) is 20.3 Å². The van der Waals surface area contributed by atoms with E-state index in [-0.39, 0.29) is 24.0 Å². The highest BCUT2D eigenvalue weighted by Crippen LogP contribution is 2.04. The number of methoxy groups -OCH3 is 1. The molecule has 6 heteroatoms. The van der Waals surface area contributed by atoms with Crippen LogP contribution in [0.15, 0.2) is 0 Å². The summed E-state index contributed by atoms with van der Waals surface area (Å²) in [6.07, 6.45) is 2.68. The van der Waals surface area contributed by atoms with Crippen molar-refractivity contribution >= 4 is 15.8 Å². The maximum Gasteiger partial charge on any atom is 0.306 e. The molecule has 5 nitrogen and oxygen atoms in total. The van der Waals surface area contributed by atoms with Crippen LogP contribution in [0.2, 0.25) is 0 Å². The van der Waals surface area contributed by atoms with Crippen molar-refractivity contribution in [2.24, 2.45) is 0 Å². The van der Waals surface area contributed by atoms with Crippen molar-refractivity contribution in [1.82, 2.24) is 5.32 Å². The number of esters is 1. The lowest BCUT2D eigenvalue weighted by Crippen LogP contribution is -2.37. The Hall–Kier alpha value is -0.620. The normalized spacial score (nSPS) is 13.3. The van der Waals surface area contributed by atoms with Crippen molar-refractivity contribution in [1.29, 1.82) is 0 Å². The Balaban J connectivity index is 4.27. The van der Waals surface area contributed by atoms with Gasteiger partial charge in [-0.2, -0.15) is 0 Å². The second-order valence-corrected chi connectivity index (χ2v) is 6.61. The number of rotatable bonds is 10. The molecule has 0 bridgehead atoms. The van der Waals surface area contributed by atoms with Crippen LogP contribution < -0.4 is 5.32 Å². The average molecular weight is 279 g/mol. The van der Waals surface area contributed by atoms with Gasteiger partial charge in [0.25, 0.3) is 0 Å². The molecule has 0 heterocycles. The Morgan fingerprint density at radius 3 is 2.44 bits per heavy atom. The van der Waals surface area contributed by atoms with E-state index >= 15 is 0 Å². The predicted molar refractivity (Wildman–Crippen MR) is 72.3 cm³/mol. The van der Waals surface area contributed by atoms with Gasteiger partial charge in [0.05, 0.1) is 25.0 Å². The molecule has 0 aromatic heterocycles. The summed E-state index contributed by atoms with van der Waals surface area (Å²) in [5.74, 6) is -0.516. The van der Waals surface area contributed by atoms with E-state index in [1.165, 1.54) is 7.11 Å². The quantitative estimate of drug-likeness (QED) is 0.607. The van der Waals surface area contributed by atoms with Gasteiger partial charge in [-0.15, -0.1) is 0 Å². The fraction of sp³-hybridized carbons (Fsp3) is 0.917. The summed E-state index contributed by atoms with van der Waals surface area (Å²) in [4.78, 5) is 10.9. The molecular formula is C12H25NO4S. The highest BCUT2D eigenvalue weighted by molar-refractivity contribution is 7.91. The molecule has 0 saturated carbocycles.